The van der Waals surface area contributed by atoms with Crippen molar-refractivity contribution in [3.05, 3.63) is 30.1 Å². The zero-order chi connectivity index (χ0) is 6.69. The van der Waals surface area contributed by atoms with Crippen molar-refractivity contribution in [3.63, 3.8) is 0 Å². The molecule has 0 spiro atoms. The smallest absolute Gasteiger partial charge is 0.112 e. The molecule has 0 aliphatic rings. The van der Waals surface area contributed by atoms with Gasteiger partial charge >= 0.3 is 0 Å². The summed E-state index contributed by atoms with van der Waals surface area (Å²) in [7, 11) is 2.14. The van der Waals surface area contributed by atoms with Crippen molar-refractivity contribution in [2.75, 3.05) is 0 Å². The van der Waals surface area contributed by atoms with E-state index >= 15 is 0 Å². The number of nitrogens with zero attached hydrogens (tertiary/aromatic N) is 1. The van der Waals surface area contributed by atoms with Crippen molar-refractivity contribution in [3.8, 4) is 0 Å². The third-order valence-electron chi connectivity index (χ3n) is 1.28. The van der Waals surface area contributed by atoms with Gasteiger partial charge < -0.3 is 0 Å². The van der Waals surface area contributed by atoms with Gasteiger partial charge in [0.2, 0.25) is 0 Å². The second-order valence-electron chi connectivity index (χ2n) is 2.41. The fourth-order valence-electron chi connectivity index (χ4n) is 0.717. The maximum atomic E-state index is 4.18. The van der Waals surface area contributed by atoms with E-state index in [2.05, 4.69) is 19.8 Å². The van der Waals surface area contributed by atoms with E-state index in [0.29, 0.717) is 5.82 Å². The zero-order valence-electron chi connectivity index (χ0n) is 5.83. The van der Waals surface area contributed by atoms with Gasteiger partial charge in [-0.05, 0) is 17.9 Å². The average molecular weight is 119 g/mol. The minimum atomic E-state index is 0.547. The predicted molar refractivity (Wildman–Crippen MR) is 41.2 cm³/mol. The van der Waals surface area contributed by atoms with Crippen molar-refractivity contribution in [1.29, 1.82) is 0 Å². The van der Waals surface area contributed by atoms with Crippen molar-refractivity contribution < 1.29 is 0 Å². The first-order valence-corrected chi connectivity index (χ1v) is 3.21. The van der Waals surface area contributed by atoms with Gasteiger partial charge in [0.05, 0.1) is 0 Å². The zero-order valence-corrected chi connectivity index (χ0v) is 5.83. The SMILES string of the molecule is B[C@H](C)c1ccccn1. The summed E-state index contributed by atoms with van der Waals surface area (Å²) >= 11 is 0. The lowest BCUT2D eigenvalue weighted by Crippen LogP contribution is -1.93. The molecule has 0 aliphatic heterocycles. The predicted octanol–water partition coefficient (Wildman–Crippen LogP) is 0.776. The number of pyridine rings is 1. The summed E-state index contributed by atoms with van der Waals surface area (Å²) in [5, 5.41) is 0. The van der Waals surface area contributed by atoms with Crippen LogP contribution < -0.4 is 0 Å². The normalized spacial score (nSPS) is 13.0. The molecule has 0 saturated carbocycles. The average Bonchev–Trinajstić information content (AvgIpc) is 1.90. The van der Waals surface area contributed by atoms with Gasteiger partial charge in [-0.3, -0.25) is 4.98 Å². The molecule has 0 aliphatic carbocycles. The van der Waals surface area contributed by atoms with Gasteiger partial charge in [0, 0.05) is 11.9 Å². The standard InChI is InChI=1S/C7H10BN/c1-6(8)7-4-2-3-5-9-7/h2-6H,8H2,1H3/t6-/m1/s1. The van der Waals surface area contributed by atoms with E-state index in [1.165, 1.54) is 0 Å². The summed E-state index contributed by atoms with van der Waals surface area (Å²) < 4.78 is 0. The molecule has 0 radical (unpaired) electrons. The fourth-order valence-corrected chi connectivity index (χ4v) is 0.717. The molecule has 0 unspecified atom stereocenters. The largest absolute Gasteiger partial charge is 0.262 e. The fraction of sp³-hybridized carbons (Fsp3) is 0.286. The second kappa shape index (κ2) is 2.67. The summed E-state index contributed by atoms with van der Waals surface area (Å²) in [5.41, 5.74) is 1.16. The molecular weight excluding hydrogens is 109 g/mol. The molecule has 1 nitrogen and oxygen atoms in total. The highest BCUT2D eigenvalue weighted by atomic mass is 14.7. The Bertz CT molecular complexity index is 172. The van der Waals surface area contributed by atoms with Crippen LogP contribution in [-0.4, -0.2) is 12.8 Å². The van der Waals surface area contributed by atoms with E-state index < -0.39 is 0 Å². The third-order valence-corrected chi connectivity index (χ3v) is 1.28. The highest BCUT2D eigenvalue weighted by Gasteiger charge is 1.95. The Morgan fingerprint density at radius 1 is 1.56 bits per heavy atom. The van der Waals surface area contributed by atoms with Gasteiger partial charge in [0.25, 0.3) is 0 Å². The lowest BCUT2D eigenvalue weighted by atomic mass is 9.86. The highest BCUT2D eigenvalue weighted by molar-refractivity contribution is 6.11. The molecule has 2 heteroatoms. The minimum Gasteiger partial charge on any atom is -0.262 e. The van der Waals surface area contributed by atoms with Crippen LogP contribution in [0.2, 0.25) is 0 Å². The Morgan fingerprint density at radius 2 is 2.33 bits per heavy atom. The van der Waals surface area contributed by atoms with Crippen LogP contribution in [0.3, 0.4) is 0 Å². The van der Waals surface area contributed by atoms with Crippen LogP contribution in [-0.2, 0) is 0 Å². The van der Waals surface area contributed by atoms with Gasteiger partial charge in [-0.15, -0.1) is 0 Å². The summed E-state index contributed by atoms with van der Waals surface area (Å²) in [6.07, 6.45) is 1.83. The lowest BCUT2D eigenvalue weighted by Gasteiger charge is -2.00. The Hall–Kier alpha value is -0.785. The molecule has 1 aromatic heterocycles. The third kappa shape index (κ3) is 1.56. The first-order valence-electron chi connectivity index (χ1n) is 3.21. The molecule has 1 rings (SSSR count). The second-order valence-corrected chi connectivity index (χ2v) is 2.41. The molecule has 0 fully saturated rings. The first-order chi connectivity index (χ1) is 4.30. The van der Waals surface area contributed by atoms with Crippen molar-refractivity contribution in [2.24, 2.45) is 0 Å². The van der Waals surface area contributed by atoms with Gasteiger partial charge in [-0.1, -0.05) is 13.0 Å². The maximum absolute atomic E-state index is 4.18. The highest BCUT2D eigenvalue weighted by Crippen LogP contribution is 2.04. The molecule has 1 aromatic rings. The van der Waals surface area contributed by atoms with E-state index in [1.807, 2.05) is 24.4 Å². The molecule has 1 heterocycles. The molecule has 0 aromatic carbocycles. The topological polar surface area (TPSA) is 12.9 Å². The van der Waals surface area contributed by atoms with Crippen LogP contribution in [0, 0.1) is 0 Å². The van der Waals surface area contributed by atoms with Crippen LogP contribution in [0.5, 0.6) is 0 Å². The number of hydrogen-bond donors (Lipinski definition) is 0. The van der Waals surface area contributed by atoms with E-state index in [-0.39, 0.29) is 0 Å². The molecular formula is C7H10BN. The molecule has 0 amide bonds. The number of hydrogen-bond acceptors (Lipinski definition) is 1. The monoisotopic (exact) mass is 119 g/mol. The molecule has 0 saturated heterocycles. The maximum Gasteiger partial charge on any atom is 0.112 e. The van der Waals surface area contributed by atoms with E-state index in [1.54, 1.807) is 0 Å². The summed E-state index contributed by atoms with van der Waals surface area (Å²) in [4.78, 5) is 4.18. The summed E-state index contributed by atoms with van der Waals surface area (Å²) in [5.74, 6) is 0.547. The van der Waals surface area contributed by atoms with Crippen molar-refractivity contribution in [2.45, 2.75) is 12.7 Å². The number of aromatic nitrogens is 1. The molecule has 9 heavy (non-hydrogen) atoms. The van der Waals surface area contributed by atoms with Gasteiger partial charge in [-0.25, -0.2) is 0 Å². The van der Waals surface area contributed by atoms with Crippen LogP contribution in [0.15, 0.2) is 24.4 Å². The first kappa shape index (κ1) is 6.34. The Labute approximate surface area is 56.5 Å². The quantitative estimate of drug-likeness (QED) is 0.497. The minimum absolute atomic E-state index is 0.547. The Kier molecular flexibility index (Phi) is 1.88. The van der Waals surface area contributed by atoms with Crippen LogP contribution in [0.25, 0.3) is 0 Å². The molecule has 0 N–H and O–H groups in total. The van der Waals surface area contributed by atoms with Crippen molar-refractivity contribution in [1.82, 2.24) is 4.98 Å². The van der Waals surface area contributed by atoms with E-state index in [9.17, 15) is 0 Å². The molecule has 46 valence electrons. The number of rotatable bonds is 1. The molecule has 0 bridgehead atoms. The van der Waals surface area contributed by atoms with Crippen LogP contribution >= 0.6 is 0 Å². The van der Waals surface area contributed by atoms with E-state index in [4.69, 9.17) is 0 Å². The van der Waals surface area contributed by atoms with Gasteiger partial charge in [0.15, 0.2) is 0 Å². The Balaban J connectivity index is 2.85. The Morgan fingerprint density at radius 3 is 2.67 bits per heavy atom. The molecule has 1 atom stereocenters. The van der Waals surface area contributed by atoms with Crippen LogP contribution in [0.4, 0.5) is 0 Å². The van der Waals surface area contributed by atoms with Gasteiger partial charge in [-0.2, -0.15) is 0 Å². The lowest BCUT2D eigenvalue weighted by molar-refractivity contribution is 0.994. The van der Waals surface area contributed by atoms with Crippen LogP contribution in [0.1, 0.15) is 18.4 Å². The van der Waals surface area contributed by atoms with E-state index in [0.717, 1.165) is 5.69 Å². The van der Waals surface area contributed by atoms with Gasteiger partial charge in [0.1, 0.15) is 7.85 Å². The van der Waals surface area contributed by atoms with Crippen molar-refractivity contribution >= 4 is 7.85 Å². The summed E-state index contributed by atoms with van der Waals surface area (Å²) in [6, 6.07) is 6.00. The summed E-state index contributed by atoms with van der Waals surface area (Å²) in [6.45, 7) is 2.14.